The summed E-state index contributed by atoms with van der Waals surface area (Å²) in [5.41, 5.74) is 2.39. The number of fused-ring (bicyclic) bond motifs is 1. The number of carbonyl (C=O) groups excluding carboxylic acids is 2. The summed E-state index contributed by atoms with van der Waals surface area (Å²) < 4.78 is 27.8. The van der Waals surface area contributed by atoms with Gasteiger partial charge in [-0.1, -0.05) is 12.5 Å². The Morgan fingerprint density at radius 3 is 2.48 bits per heavy atom. The van der Waals surface area contributed by atoms with Crippen molar-refractivity contribution in [2.24, 2.45) is 5.41 Å². The van der Waals surface area contributed by atoms with Crippen molar-refractivity contribution in [3.8, 4) is 28.4 Å². The molecule has 0 atom stereocenters. The van der Waals surface area contributed by atoms with Crippen molar-refractivity contribution in [1.82, 2.24) is 0 Å². The molecule has 0 aromatic heterocycles. The van der Waals surface area contributed by atoms with Gasteiger partial charge in [0.25, 0.3) is 0 Å². The fraction of sp³-hybridized carbons (Fsp3) is 0.417. The smallest absolute Gasteiger partial charge is 0.338 e. The minimum absolute atomic E-state index is 0.189. The first-order valence-electron chi connectivity index (χ1n) is 10.4. The minimum atomic E-state index is -0.639. The van der Waals surface area contributed by atoms with Gasteiger partial charge in [0.05, 0.1) is 26.4 Å². The molecule has 2 aromatic rings. The molecule has 31 heavy (non-hydrogen) atoms. The number of esters is 2. The Morgan fingerprint density at radius 2 is 1.84 bits per heavy atom. The lowest BCUT2D eigenvalue weighted by Crippen LogP contribution is -2.44. The number of benzene rings is 2. The second-order valence-corrected chi connectivity index (χ2v) is 7.77. The van der Waals surface area contributed by atoms with Crippen molar-refractivity contribution in [2.75, 3.05) is 27.4 Å². The molecule has 1 aliphatic heterocycles. The number of cyclic esters (lactones) is 1. The third kappa shape index (κ3) is 3.69. The van der Waals surface area contributed by atoms with E-state index < -0.39 is 5.41 Å². The molecule has 0 unspecified atom stereocenters. The van der Waals surface area contributed by atoms with E-state index in [1.807, 2.05) is 18.2 Å². The highest BCUT2D eigenvalue weighted by molar-refractivity contribution is 5.94. The average molecular weight is 426 g/mol. The summed E-state index contributed by atoms with van der Waals surface area (Å²) in [7, 11) is 3.11. The second kappa shape index (κ2) is 8.49. The molecule has 2 aromatic carbocycles. The summed E-state index contributed by atoms with van der Waals surface area (Å²) in [6.45, 7) is 2.58. The molecular weight excluding hydrogens is 400 g/mol. The molecule has 1 aliphatic carbocycles. The van der Waals surface area contributed by atoms with Crippen LogP contribution in [0.25, 0.3) is 11.1 Å². The van der Waals surface area contributed by atoms with Crippen molar-refractivity contribution < 1.29 is 33.3 Å². The minimum Gasteiger partial charge on any atom is -0.493 e. The first-order chi connectivity index (χ1) is 15.0. The monoisotopic (exact) mass is 426 g/mol. The molecule has 0 N–H and O–H groups in total. The normalized spacial score (nSPS) is 16.0. The van der Waals surface area contributed by atoms with Crippen LogP contribution in [0.1, 0.15) is 42.1 Å². The molecule has 7 heteroatoms. The highest BCUT2D eigenvalue weighted by Gasteiger charge is 2.46. The Kier molecular flexibility index (Phi) is 5.76. The van der Waals surface area contributed by atoms with Crippen LogP contribution < -0.4 is 14.2 Å². The number of methoxy groups -OCH3 is 2. The average Bonchev–Trinajstić information content (AvgIpc) is 3.12. The molecule has 1 fully saturated rings. The van der Waals surface area contributed by atoms with E-state index >= 15 is 0 Å². The molecule has 4 rings (SSSR count). The summed E-state index contributed by atoms with van der Waals surface area (Å²) >= 11 is 0. The van der Waals surface area contributed by atoms with Crippen LogP contribution in [0.15, 0.2) is 30.3 Å². The van der Waals surface area contributed by atoms with E-state index in [2.05, 4.69) is 0 Å². The van der Waals surface area contributed by atoms with E-state index in [0.717, 1.165) is 36.0 Å². The van der Waals surface area contributed by atoms with Crippen molar-refractivity contribution >= 4 is 11.9 Å². The van der Waals surface area contributed by atoms with Gasteiger partial charge in [-0.3, -0.25) is 4.79 Å². The van der Waals surface area contributed by atoms with Gasteiger partial charge in [-0.15, -0.1) is 0 Å². The zero-order valence-corrected chi connectivity index (χ0v) is 18.0. The van der Waals surface area contributed by atoms with E-state index in [9.17, 15) is 9.59 Å². The lowest BCUT2D eigenvalue weighted by molar-refractivity contribution is -0.163. The highest BCUT2D eigenvalue weighted by Crippen LogP contribution is 2.48. The third-order valence-corrected chi connectivity index (χ3v) is 6.01. The molecule has 0 saturated heterocycles. The van der Waals surface area contributed by atoms with Gasteiger partial charge < -0.3 is 23.7 Å². The number of rotatable bonds is 8. The SMILES string of the molecule is CCOC(=O)C1(COc2c(-c3ccc4c(c3)COC4=O)ccc(OC)c2OC)CCC1. The Bertz CT molecular complexity index is 1010. The number of hydrogen-bond acceptors (Lipinski definition) is 7. The van der Waals surface area contributed by atoms with Crippen LogP contribution >= 0.6 is 0 Å². The van der Waals surface area contributed by atoms with Gasteiger partial charge in [0.1, 0.15) is 18.6 Å². The van der Waals surface area contributed by atoms with Crippen LogP contribution in [0.2, 0.25) is 0 Å². The van der Waals surface area contributed by atoms with Crippen molar-refractivity contribution in [3.63, 3.8) is 0 Å². The first kappa shape index (κ1) is 21.0. The maximum absolute atomic E-state index is 12.6. The van der Waals surface area contributed by atoms with Gasteiger partial charge in [0, 0.05) is 11.1 Å². The molecule has 0 bridgehead atoms. The molecule has 7 nitrogen and oxygen atoms in total. The van der Waals surface area contributed by atoms with Crippen LogP contribution in [0.4, 0.5) is 0 Å². The summed E-state index contributed by atoms with van der Waals surface area (Å²) in [4.78, 5) is 24.4. The number of hydrogen-bond donors (Lipinski definition) is 0. The van der Waals surface area contributed by atoms with Gasteiger partial charge in [0.15, 0.2) is 11.5 Å². The Balaban J connectivity index is 1.72. The lowest BCUT2D eigenvalue weighted by Gasteiger charge is -2.38. The fourth-order valence-electron chi connectivity index (χ4n) is 4.08. The standard InChI is InChI=1S/C24H26O7/c1-4-29-23(26)24(10-5-11-24)14-31-20-17(8-9-19(27-2)21(20)28-3)15-6-7-18-16(12-15)13-30-22(18)25/h6-9,12H,4-5,10-11,13-14H2,1-3H3. The Morgan fingerprint density at radius 1 is 1.06 bits per heavy atom. The quantitative estimate of drug-likeness (QED) is 0.587. The van der Waals surface area contributed by atoms with Crippen molar-refractivity contribution in [3.05, 3.63) is 41.5 Å². The summed E-state index contributed by atoms with van der Waals surface area (Å²) in [6.07, 6.45) is 2.42. The lowest BCUT2D eigenvalue weighted by atomic mass is 9.69. The van der Waals surface area contributed by atoms with Crippen LogP contribution in [0.5, 0.6) is 17.2 Å². The van der Waals surface area contributed by atoms with E-state index in [1.165, 1.54) is 0 Å². The zero-order valence-electron chi connectivity index (χ0n) is 18.0. The van der Waals surface area contributed by atoms with Crippen molar-refractivity contribution in [2.45, 2.75) is 32.8 Å². The molecule has 1 heterocycles. The summed E-state index contributed by atoms with van der Waals surface area (Å²) in [5, 5.41) is 0. The second-order valence-electron chi connectivity index (χ2n) is 7.77. The van der Waals surface area contributed by atoms with E-state index in [-0.39, 0.29) is 25.2 Å². The predicted octanol–water partition coefficient (Wildman–Crippen LogP) is 4.15. The largest absolute Gasteiger partial charge is 0.493 e. The van der Waals surface area contributed by atoms with Gasteiger partial charge >= 0.3 is 11.9 Å². The van der Waals surface area contributed by atoms with Gasteiger partial charge in [-0.2, -0.15) is 0 Å². The van der Waals surface area contributed by atoms with Crippen LogP contribution in [0.3, 0.4) is 0 Å². The van der Waals surface area contributed by atoms with Crippen LogP contribution in [-0.4, -0.2) is 39.4 Å². The highest BCUT2D eigenvalue weighted by atomic mass is 16.6. The van der Waals surface area contributed by atoms with Gasteiger partial charge in [-0.25, -0.2) is 4.79 Å². The predicted molar refractivity (Wildman–Crippen MR) is 113 cm³/mol. The fourth-order valence-corrected chi connectivity index (χ4v) is 4.08. The molecule has 0 radical (unpaired) electrons. The Labute approximate surface area is 181 Å². The molecule has 2 aliphatic rings. The third-order valence-electron chi connectivity index (χ3n) is 6.01. The van der Waals surface area contributed by atoms with Crippen LogP contribution in [-0.2, 0) is 20.9 Å². The van der Waals surface area contributed by atoms with Gasteiger partial charge in [0.2, 0.25) is 5.75 Å². The molecular formula is C24H26O7. The van der Waals surface area contributed by atoms with E-state index in [4.69, 9.17) is 23.7 Å². The summed E-state index contributed by atoms with van der Waals surface area (Å²) in [5.74, 6) is 0.929. The number of ether oxygens (including phenoxy) is 5. The van der Waals surface area contributed by atoms with E-state index in [1.54, 1.807) is 33.3 Å². The van der Waals surface area contributed by atoms with E-state index in [0.29, 0.717) is 29.4 Å². The Hall–Kier alpha value is -3.22. The number of carbonyl (C=O) groups is 2. The van der Waals surface area contributed by atoms with Crippen LogP contribution in [0, 0.1) is 5.41 Å². The maximum atomic E-state index is 12.6. The molecule has 1 saturated carbocycles. The topological polar surface area (TPSA) is 80.3 Å². The first-order valence-corrected chi connectivity index (χ1v) is 10.4. The molecule has 0 spiro atoms. The maximum Gasteiger partial charge on any atom is 0.338 e. The van der Waals surface area contributed by atoms with Gasteiger partial charge in [-0.05, 0) is 49.6 Å². The molecule has 164 valence electrons. The molecule has 0 amide bonds. The van der Waals surface area contributed by atoms with Crippen molar-refractivity contribution in [1.29, 1.82) is 0 Å². The summed E-state index contributed by atoms with van der Waals surface area (Å²) in [6, 6.07) is 9.21. The zero-order chi connectivity index (χ0) is 22.0.